The maximum Gasteiger partial charge on any atom is 0.292 e. The Labute approximate surface area is 146 Å². The van der Waals surface area contributed by atoms with Gasteiger partial charge in [-0.3, -0.25) is 9.78 Å². The second-order valence-electron chi connectivity index (χ2n) is 8.03. The van der Waals surface area contributed by atoms with Crippen molar-refractivity contribution >= 4 is 0 Å². The Balaban J connectivity index is 1.80. The monoisotopic (exact) mass is 341 g/mol. The Morgan fingerprint density at radius 3 is 2.84 bits per heavy atom. The molecule has 1 aliphatic heterocycles. The predicted octanol–water partition coefficient (Wildman–Crippen LogP) is 3.19. The molecule has 0 aromatic carbocycles. The second-order valence-corrected chi connectivity index (χ2v) is 8.03. The number of hydrogen-bond acceptors (Lipinski definition) is 5. The molecule has 2 aromatic rings. The summed E-state index contributed by atoms with van der Waals surface area (Å²) in [7, 11) is 0. The van der Waals surface area contributed by atoms with Crippen molar-refractivity contribution in [1.29, 1.82) is 0 Å². The number of aliphatic hydroxyl groups excluding tert-OH is 1. The lowest BCUT2D eigenvalue weighted by atomic mass is 9.58. The highest BCUT2D eigenvalue weighted by Crippen LogP contribution is 2.52. The van der Waals surface area contributed by atoms with Crippen molar-refractivity contribution in [1.82, 2.24) is 4.98 Å². The second kappa shape index (κ2) is 5.43. The van der Waals surface area contributed by atoms with E-state index in [0.29, 0.717) is 30.1 Å². The molecule has 0 saturated heterocycles. The molecule has 5 heteroatoms. The Morgan fingerprint density at radius 1 is 1.32 bits per heavy atom. The molecule has 25 heavy (non-hydrogen) atoms. The van der Waals surface area contributed by atoms with Crippen molar-refractivity contribution in [3.8, 4) is 17.3 Å². The van der Waals surface area contributed by atoms with Crippen molar-refractivity contribution in [2.45, 2.75) is 51.7 Å². The van der Waals surface area contributed by atoms with Crippen LogP contribution >= 0.6 is 0 Å². The number of rotatable bonds is 1. The lowest BCUT2D eigenvalue weighted by molar-refractivity contribution is -0.145. The zero-order chi connectivity index (χ0) is 17.8. The number of ether oxygens (including phenoxy) is 1. The van der Waals surface area contributed by atoms with Crippen molar-refractivity contribution in [2.75, 3.05) is 0 Å². The minimum atomic E-state index is -0.445. The van der Waals surface area contributed by atoms with Gasteiger partial charge in [-0.05, 0) is 43.7 Å². The largest absolute Gasteiger partial charge is 0.458 e. The third-order valence-corrected chi connectivity index (χ3v) is 6.10. The van der Waals surface area contributed by atoms with Crippen LogP contribution in [0.25, 0.3) is 11.3 Å². The molecule has 0 amide bonds. The van der Waals surface area contributed by atoms with Crippen LogP contribution in [0.4, 0.5) is 0 Å². The fraction of sp³-hybridized carbons (Fsp3) is 0.500. The van der Waals surface area contributed by atoms with Crippen LogP contribution in [-0.4, -0.2) is 21.8 Å². The standard InChI is InChI=1S/C20H23NO4/c1-19(2)16-9-13-14(22)10-15(12-5-4-8-21-11-12)24-18(13)25-20(16,3)7-6-17(19)23/h4-5,8,10-11,16-17,23H,6-7,9H2,1-3H3/t16-,17-,20-/m1/s1. The van der Waals surface area contributed by atoms with Crippen LogP contribution < -0.4 is 10.2 Å². The molecule has 1 aliphatic carbocycles. The topological polar surface area (TPSA) is 72.6 Å². The highest BCUT2D eigenvalue weighted by molar-refractivity contribution is 5.56. The highest BCUT2D eigenvalue weighted by Gasteiger charge is 2.55. The summed E-state index contributed by atoms with van der Waals surface area (Å²) in [5.41, 5.74) is 0.464. The molecular weight excluding hydrogens is 318 g/mol. The van der Waals surface area contributed by atoms with Gasteiger partial charge in [-0.15, -0.1) is 0 Å². The van der Waals surface area contributed by atoms with Gasteiger partial charge in [0.25, 0.3) is 5.95 Å². The third-order valence-electron chi connectivity index (χ3n) is 6.10. The lowest BCUT2D eigenvalue weighted by Crippen LogP contribution is -2.59. The van der Waals surface area contributed by atoms with Crippen LogP contribution in [0.2, 0.25) is 0 Å². The number of hydrogen-bond donors (Lipinski definition) is 1. The Hall–Kier alpha value is -2.14. The lowest BCUT2D eigenvalue weighted by Gasteiger charge is -2.54. The van der Waals surface area contributed by atoms with Gasteiger partial charge in [0, 0.05) is 29.9 Å². The number of nitrogens with zero attached hydrogens (tertiary/aromatic N) is 1. The van der Waals surface area contributed by atoms with E-state index >= 15 is 0 Å². The smallest absolute Gasteiger partial charge is 0.292 e. The molecule has 1 fully saturated rings. The minimum absolute atomic E-state index is 0.0587. The van der Waals surface area contributed by atoms with Gasteiger partial charge in [0.1, 0.15) is 11.4 Å². The van der Waals surface area contributed by atoms with Crippen LogP contribution in [0.3, 0.4) is 0 Å². The van der Waals surface area contributed by atoms with Gasteiger partial charge in [-0.25, -0.2) is 0 Å². The van der Waals surface area contributed by atoms with Crippen LogP contribution in [0.15, 0.2) is 39.8 Å². The van der Waals surface area contributed by atoms with Gasteiger partial charge in [0.2, 0.25) is 0 Å². The highest BCUT2D eigenvalue weighted by atomic mass is 16.6. The number of pyridine rings is 1. The zero-order valence-electron chi connectivity index (χ0n) is 14.8. The van der Waals surface area contributed by atoms with Crippen molar-refractivity contribution in [2.24, 2.45) is 11.3 Å². The maximum atomic E-state index is 12.7. The predicted molar refractivity (Wildman–Crippen MR) is 93.5 cm³/mol. The summed E-state index contributed by atoms with van der Waals surface area (Å²) in [5.74, 6) is 0.842. The number of aliphatic hydroxyl groups is 1. The van der Waals surface area contributed by atoms with Crippen LogP contribution in [0.1, 0.15) is 39.2 Å². The SMILES string of the molecule is CC1(C)[C@H](O)CC[C@@]2(C)Oc3oc(-c4cccnc4)cc(=O)c3C[C@H]12. The van der Waals surface area contributed by atoms with Gasteiger partial charge in [-0.1, -0.05) is 13.8 Å². The van der Waals surface area contributed by atoms with Crippen molar-refractivity contribution in [3.63, 3.8) is 0 Å². The van der Waals surface area contributed by atoms with Gasteiger partial charge in [0.05, 0.1) is 11.7 Å². The number of aromatic nitrogens is 1. The molecule has 3 atom stereocenters. The molecule has 0 radical (unpaired) electrons. The van der Waals surface area contributed by atoms with E-state index in [1.807, 2.05) is 6.07 Å². The summed E-state index contributed by atoms with van der Waals surface area (Å²) < 4.78 is 12.2. The molecule has 1 saturated carbocycles. The summed E-state index contributed by atoms with van der Waals surface area (Å²) >= 11 is 0. The van der Waals surface area contributed by atoms with E-state index in [9.17, 15) is 9.90 Å². The normalized spacial score (nSPS) is 30.1. The molecule has 4 rings (SSSR count). The van der Waals surface area contributed by atoms with Crippen molar-refractivity contribution < 1.29 is 14.3 Å². The van der Waals surface area contributed by atoms with E-state index in [2.05, 4.69) is 25.8 Å². The minimum Gasteiger partial charge on any atom is -0.458 e. The molecular formula is C20H23NO4. The summed E-state index contributed by atoms with van der Waals surface area (Å²) in [4.78, 5) is 16.8. The molecule has 132 valence electrons. The average molecular weight is 341 g/mol. The fourth-order valence-corrected chi connectivity index (χ4v) is 4.42. The van der Waals surface area contributed by atoms with Crippen molar-refractivity contribution in [3.05, 3.63) is 46.4 Å². The van der Waals surface area contributed by atoms with E-state index in [1.165, 1.54) is 6.07 Å². The molecule has 2 aliphatic rings. The summed E-state index contributed by atoms with van der Waals surface area (Å²) in [6.45, 7) is 6.17. The van der Waals surface area contributed by atoms with E-state index in [0.717, 1.165) is 12.0 Å². The summed E-state index contributed by atoms with van der Waals surface area (Å²) in [6.07, 6.45) is 4.93. The van der Waals surface area contributed by atoms with E-state index in [-0.39, 0.29) is 16.8 Å². The van der Waals surface area contributed by atoms with Crippen LogP contribution in [-0.2, 0) is 6.42 Å². The first-order chi connectivity index (χ1) is 11.8. The van der Waals surface area contributed by atoms with E-state index < -0.39 is 11.7 Å². The van der Waals surface area contributed by atoms with Gasteiger partial charge < -0.3 is 14.3 Å². The first-order valence-electron chi connectivity index (χ1n) is 8.76. The Bertz CT molecular complexity index is 858. The maximum absolute atomic E-state index is 12.7. The van der Waals surface area contributed by atoms with Gasteiger partial charge >= 0.3 is 0 Å². The van der Waals surface area contributed by atoms with E-state index in [4.69, 9.17) is 9.15 Å². The third kappa shape index (κ3) is 2.49. The molecule has 0 spiro atoms. The summed E-state index contributed by atoms with van der Waals surface area (Å²) in [5, 5.41) is 10.4. The molecule has 0 bridgehead atoms. The fourth-order valence-electron chi connectivity index (χ4n) is 4.42. The Morgan fingerprint density at radius 2 is 2.12 bits per heavy atom. The molecule has 5 nitrogen and oxygen atoms in total. The molecule has 2 aromatic heterocycles. The van der Waals surface area contributed by atoms with Gasteiger partial charge in [-0.2, -0.15) is 0 Å². The molecule has 0 unspecified atom stereocenters. The van der Waals surface area contributed by atoms with E-state index in [1.54, 1.807) is 18.5 Å². The first kappa shape index (κ1) is 16.3. The molecule has 1 N–H and O–H groups in total. The Kier molecular flexibility index (Phi) is 3.55. The van der Waals surface area contributed by atoms with Crippen LogP contribution in [0, 0.1) is 11.3 Å². The van der Waals surface area contributed by atoms with Gasteiger partial charge in [0.15, 0.2) is 5.43 Å². The average Bonchev–Trinajstić information content (AvgIpc) is 2.58. The number of fused-ring (bicyclic) bond motifs is 2. The van der Waals surface area contributed by atoms with Crippen LogP contribution in [0.5, 0.6) is 5.95 Å². The summed E-state index contributed by atoms with van der Waals surface area (Å²) in [6, 6.07) is 5.16. The zero-order valence-corrected chi connectivity index (χ0v) is 14.8. The quantitative estimate of drug-likeness (QED) is 0.862. The molecule has 3 heterocycles. The first-order valence-corrected chi connectivity index (χ1v) is 8.76.